The second-order valence-electron chi connectivity index (χ2n) is 5.03. The van der Waals surface area contributed by atoms with Gasteiger partial charge in [0.25, 0.3) is 0 Å². The van der Waals surface area contributed by atoms with Crippen LogP contribution in [0.2, 0.25) is 0 Å². The van der Waals surface area contributed by atoms with Crippen LogP contribution in [-0.4, -0.2) is 13.2 Å². The third-order valence-corrected chi connectivity index (χ3v) is 2.68. The van der Waals surface area contributed by atoms with Gasteiger partial charge in [0.2, 0.25) is 0 Å². The molecule has 0 amide bonds. The molecule has 0 aliphatic carbocycles. The number of hydrogen-bond donors (Lipinski definition) is 1. The summed E-state index contributed by atoms with van der Waals surface area (Å²) in [7, 11) is 0. The van der Waals surface area contributed by atoms with Crippen molar-refractivity contribution < 1.29 is 4.74 Å². The maximum Gasteiger partial charge on any atom is 0.174 e. The van der Waals surface area contributed by atoms with Crippen molar-refractivity contribution in [1.29, 1.82) is 5.26 Å². The number of nitrogens with one attached hydrogen (secondary N) is 1. The van der Waals surface area contributed by atoms with E-state index in [2.05, 4.69) is 31.3 Å². The second-order valence-corrected chi connectivity index (χ2v) is 5.03. The van der Waals surface area contributed by atoms with Crippen LogP contribution in [0.4, 0.5) is 0 Å². The average Bonchev–Trinajstić information content (AvgIpc) is 2.27. The van der Waals surface area contributed by atoms with Crippen LogP contribution in [0.3, 0.4) is 0 Å². The number of nitrogens with zero attached hydrogens (tertiary/aromatic N) is 1. The highest BCUT2D eigenvalue weighted by Crippen LogP contribution is 2.24. The summed E-state index contributed by atoms with van der Waals surface area (Å²) < 4.78 is 5.43. The number of nitriles is 1. The van der Waals surface area contributed by atoms with Gasteiger partial charge in [-0.05, 0) is 43.0 Å². The molecule has 0 aromatic heterocycles. The lowest BCUT2D eigenvalue weighted by molar-refractivity contribution is 0.362. The lowest BCUT2D eigenvalue weighted by Gasteiger charge is -2.13. The molecule has 0 atom stereocenters. The van der Waals surface area contributed by atoms with Gasteiger partial charge in [0.15, 0.2) is 6.61 Å². The molecule has 1 rings (SSSR count). The maximum atomic E-state index is 8.55. The number of aryl methyl sites for hydroxylation is 2. The van der Waals surface area contributed by atoms with E-state index in [9.17, 15) is 0 Å². The minimum Gasteiger partial charge on any atom is -0.478 e. The molecule has 3 heteroatoms. The standard InChI is InChI=1S/C15H22N2O/c1-11(2)9-17-10-14-7-12(3)15(13(4)8-14)18-6-5-16/h7-8,11,17H,6,9-10H2,1-4H3. The molecule has 0 saturated heterocycles. The molecule has 3 nitrogen and oxygen atoms in total. The SMILES string of the molecule is Cc1cc(CNCC(C)C)cc(C)c1OCC#N. The van der Waals surface area contributed by atoms with E-state index in [1.54, 1.807) is 0 Å². The van der Waals surface area contributed by atoms with Gasteiger partial charge in [-0.1, -0.05) is 26.0 Å². The topological polar surface area (TPSA) is 45.0 Å². The molecule has 0 saturated carbocycles. The highest BCUT2D eigenvalue weighted by atomic mass is 16.5. The highest BCUT2D eigenvalue weighted by molar-refractivity contribution is 5.43. The van der Waals surface area contributed by atoms with E-state index in [1.807, 2.05) is 19.9 Å². The van der Waals surface area contributed by atoms with Crippen LogP contribution < -0.4 is 10.1 Å². The molecule has 0 aliphatic rings. The molecule has 1 aromatic carbocycles. The van der Waals surface area contributed by atoms with Crippen molar-refractivity contribution in [2.45, 2.75) is 34.2 Å². The molecule has 0 heterocycles. The molecule has 98 valence electrons. The summed E-state index contributed by atoms with van der Waals surface area (Å²) >= 11 is 0. The van der Waals surface area contributed by atoms with Crippen molar-refractivity contribution in [3.05, 3.63) is 28.8 Å². The number of rotatable bonds is 6. The fourth-order valence-corrected chi connectivity index (χ4v) is 1.98. The molecule has 1 aromatic rings. The van der Waals surface area contributed by atoms with Gasteiger partial charge in [-0.2, -0.15) is 5.26 Å². The zero-order valence-corrected chi connectivity index (χ0v) is 11.7. The van der Waals surface area contributed by atoms with Crippen LogP contribution in [0, 0.1) is 31.1 Å². The third-order valence-electron chi connectivity index (χ3n) is 2.68. The second kappa shape index (κ2) is 7.03. The number of benzene rings is 1. The lowest BCUT2D eigenvalue weighted by Crippen LogP contribution is -2.19. The largest absolute Gasteiger partial charge is 0.478 e. The zero-order valence-electron chi connectivity index (χ0n) is 11.7. The first-order valence-corrected chi connectivity index (χ1v) is 6.35. The Morgan fingerprint density at radius 3 is 2.39 bits per heavy atom. The molecule has 18 heavy (non-hydrogen) atoms. The van der Waals surface area contributed by atoms with Crippen molar-refractivity contribution in [3.63, 3.8) is 0 Å². The Hall–Kier alpha value is -1.53. The zero-order chi connectivity index (χ0) is 13.5. The van der Waals surface area contributed by atoms with Gasteiger partial charge in [0, 0.05) is 6.54 Å². The first-order valence-electron chi connectivity index (χ1n) is 6.35. The Labute approximate surface area is 110 Å². The van der Waals surface area contributed by atoms with Gasteiger partial charge < -0.3 is 10.1 Å². The van der Waals surface area contributed by atoms with E-state index in [4.69, 9.17) is 10.00 Å². The molecule has 0 bridgehead atoms. The fraction of sp³-hybridized carbons (Fsp3) is 0.533. The summed E-state index contributed by atoms with van der Waals surface area (Å²) in [6.07, 6.45) is 0. The van der Waals surface area contributed by atoms with Gasteiger partial charge in [0.1, 0.15) is 11.8 Å². The van der Waals surface area contributed by atoms with Crippen molar-refractivity contribution in [1.82, 2.24) is 5.32 Å². The Morgan fingerprint density at radius 1 is 1.28 bits per heavy atom. The van der Waals surface area contributed by atoms with E-state index >= 15 is 0 Å². The van der Waals surface area contributed by atoms with Crippen LogP contribution in [0.1, 0.15) is 30.5 Å². The Kier molecular flexibility index (Phi) is 5.67. The van der Waals surface area contributed by atoms with E-state index in [0.29, 0.717) is 5.92 Å². The highest BCUT2D eigenvalue weighted by Gasteiger charge is 2.06. The molecule has 0 radical (unpaired) electrons. The van der Waals surface area contributed by atoms with Crippen LogP contribution in [0.25, 0.3) is 0 Å². The van der Waals surface area contributed by atoms with Gasteiger partial charge in [0.05, 0.1) is 0 Å². The van der Waals surface area contributed by atoms with Crippen LogP contribution in [0.5, 0.6) is 5.75 Å². The van der Waals surface area contributed by atoms with Crippen molar-refractivity contribution in [2.24, 2.45) is 5.92 Å². The van der Waals surface area contributed by atoms with Crippen molar-refractivity contribution in [3.8, 4) is 11.8 Å². The van der Waals surface area contributed by atoms with Crippen molar-refractivity contribution in [2.75, 3.05) is 13.2 Å². The van der Waals surface area contributed by atoms with Gasteiger partial charge in [-0.15, -0.1) is 0 Å². The molecule has 1 N–H and O–H groups in total. The Balaban J connectivity index is 2.70. The molecule has 0 aliphatic heterocycles. The fourth-order valence-electron chi connectivity index (χ4n) is 1.98. The minimum atomic E-state index is 0.104. The van der Waals surface area contributed by atoms with Crippen LogP contribution >= 0.6 is 0 Å². The summed E-state index contributed by atoms with van der Waals surface area (Å²) in [5.74, 6) is 1.49. The van der Waals surface area contributed by atoms with Gasteiger partial charge >= 0.3 is 0 Å². The van der Waals surface area contributed by atoms with E-state index in [1.165, 1.54) is 5.56 Å². The monoisotopic (exact) mass is 246 g/mol. The van der Waals surface area contributed by atoms with Crippen molar-refractivity contribution >= 4 is 0 Å². The maximum absolute atomic E-state index is 8.55. The first-order chi connectivity index (χ1) is 8.54. The molecule has 0 unspecified atom stereocenters. The summed E-state index contributed by atoms with van der Waals surface area (Å²) in [4.78, 5) is 0. The molecule has 0 spiro atoms. The van der Waals surface area contributed by atoms with Gasteiger partial charge in [-0.25, -0.2) is 0 Å². The summed E-state index contributed by atoms with van der Waals surface area (Å²) in [5, 5.41) is 12.0. The lowest BCUT2D eigenvalue weighted by atomic mass is 10.1. The average molecular weight is 246 g/mol. The molecular weight excluding hydrogens is 224 g/mol. The van der Waals surface area contributed by atoms with E-state index in [0.717, 1.165) is 30.0 Å². The summed E-state index contributed by atoms with van der Waals surface area (Å²) in [6.45, 7) is 10.4. The predicted molar refractivity (Wildman–Crippen MR) is 73.6 cm³/mol. The third kappa shape index (κ3) is 4.38. The quantitative estimate of drug-likeness (QED) is 0.839. The molecule has 0 fully saturated rings. The summed E-state index contributed by atoms with van der Waals surface area (Å²) in [6, 6.07) is 6.23. The van der Waals surface area contributed by atoms with E-state index in [-0.39, 0.29) is 6.61 Å². The number of ether oxygens (including phenoxy) is 1. The minimum absolute atomic E-state index is 0.104. The number of hydrogen-bond acceptors (Lipinski definition) is 3. The normalized spacial score (nSPS) is 10.4. The summed E-state index contributed by atoms with van der Waals surface area (Å²) in [5.41, 5.74) is 3.44. The Bertz CT molecular complexity index is 410. The van der Waals surface area contributed by atoms with Gasteiger partial charge in [-0.3, -0.25) is 0 Å². The molecular formula is C15H22N2O. The first kappa shape index (κ1) is 14.5. The smallest absolute Gasteiger partial charge is 0.174 e. The van der Waals surface area contributed by atoms with Crippen LogP contribution in [0.15, 0.2) is 12.1 Å². The Morgan fingerprint density at radius 2 is 1.89 bits per heavy atom. The van der Waals surface area contributed by atoms with Crippen LogP contribution in [-0.2, 0) is 6.54 Å². The van der Waals surface area contributed by atoms with E-state index < -0.39 is 0 Å². The predicted octanol–water partition coefficient (Wildman–Crippen LogP) is 2.95.